The van der Waals surface area contributed by atoms with Crippen molar-refractivity contribution in [1.82, 2.24) is 15.5 Å². The van der Waals surface area contributed by atoms with Gasteiger partial charge in [-0.25, -0.2) is 0 Å². The van der Waals surface area contributed by atoms with Gasteiger partial charge in [-0.1, -0.05) is 5.16 Å². The lowest BCUT2D eigenvalue weighted by molar-refractivity contribution is 0.0945. The van der Waals surface area contributed by atoms with Gasteiger partial charge in [0.1, 0.15) is 0 Å². The van der Waals surface area contributed by atoms with Crippen LogP contribution in [0.5, 0.6) is 11.5 Å². The number of nitrogens with zero attached hydrogens (tertiary/aromatic N) is 2. The van der Waals surface area contributed by atoms with Crippen molar-refractivity contribution < 1.29 is 18.8 Å². The predicted octanol–water partition coefficient (Wildman–Crippen LogP) is 2.50. The van der Waals surface area contributed by atoms with E-state index in [2.05, 4.69) is 38.0 Å². The molecule has 7 nitrogen and oxygen atoms in total. The first kappa shape index (κ1) is 16.0. The number of nitrogens with one attached hydrogen (secondary N) is 1. The monoisotopic (exact) mass is 429 g/mol. The van der Waals surface area contributed by atoms with Crippen molar-refractivity contribution in [1.29, 1.82) is 0 Å². The molecule has 122 valence electrons. The topological polar surface area (TPSA) is 86.5 Å². The zero-order chi connectivity index (χ0) is 16.4. The Hall–Kier alpha value is -1.84. The SMILES string of the molecule is COc1cc(I)c(C(=O)NCc2nc(C3CC3)no2)cc1OC. The average molecular weight is 429 g/mol. The molecule has 1 aliphatic carbocycles. The van der Waals surface area contributed by atoms with Crippen LogP contribution in [0.3, 0.4) is 0 Å². The third-order valence-electron chi connectivity index (χ3n) is 3.54. The molecule has 23 heavy (non-hydrogen) atoms. The second-order valence-electron chi connectivity index (χ2n) is 5.19. The van der Waals surface area contributed by atoms with Gasteiger partial charge in [0.15, 0.2) is 17.3 Å². The smallest absolute Gasteiger partial charge is 0.252 e. The number of halogens is 1. The van der Waals surface area contributed by atoms with Crippen molar-refractivity contribution in [3.05, 3.63) is 33.0 Å². The Morgan fingerprint density at radius 1 is 1.35 bits per heavy atom. The highest BCUT2D eigenvalue weighted by Crippen LogP contribution is 2.38. The van der Waals surface area contributed by atoms with E-state index >= 15 is 0 Å². The second-order valence-corrected chi connectivity index (χ2v) is 6.35. The van der Waals surface area contributed by atoms with Gasteiger partial charge in [0.05, 0.1) is 26.3 Å². The lowest BCUT2D eigenvalue weighted by Gasteiger charge is -2.11. The summed E-state index contributed by atoms with van der Waals surface area (Å²) >= 11 is 2.09. The maximum atomic E-state index is 12.4. The number of rotatable bonds is 6. The van der Waals surface area contributed by atoms with Crippen LogP contribution in [0.2, 0.25) is 0 Å². The summed E-state index contributed by atoms with van der Waals surface area (Å²) in [4.78, 5) is 16.6. The Bertz CT molecular complexity index is 728. The summed E-state index contributed by atoms with van der Waals surface area (Å²) in [6.07, 6.45) is 2.21. The van der Waals surface area contributed by atoms with Crippen molar-refractivity contribution in [3.63, 3.8) is 0 Å². The molecule has 8 heteroatoms. The molecule has 1 aromatic carbocycles. The largest absolute Gasteiger partial charge is 0.493 e. The van der Waals surface area contributed by atoms with E-state index in [1.165, 1.54) is 7.11 Å². The number of carbonyl (C=O) groups is 1. The summed E-state index contributed by atoms with van der Waals surface area (Å²) in [5.41, 5.74) is 0.505. The first-order valence-corrected chi connectivity index (χ1v) is 8.22. The Morgan fingerprint density at radius 3 is 2.70 bits per heavy atom. The van der Waals surface area contributed by atoms with E-state index in [-0.39, 0.29) is 12.5 Å². The molecule has 0 atom stereocenters. The van der Waals surface area contributed by atoms with Crippen molar-refractivity contribution in [2.75, 3.05) is 14.2 Å². The Labute approximate surface area is 146 Å². The van der Waals surface area contributed by atoms with Crippen LogP contribution in [-0.4, -0.2) is 30.3 Å². The number of methoxy groups -OCH3 is 2. The zero-order valence-electron chi connectivity index (χ0n) is 12.8. The summed E-state index contributed by atoms with van der Waals surface area (Å²) < 4.78 is 16.4. The van der Waals surface area contributed by atoms with E-state index in [0.29, 0.717) is 28.9 Å². The van der Waals surface area contributed by atoms with Gasteiger partial charge in [0.2, 0.25) is 5.89 Å². The van der Waals surface area contributed by atoms with E-state index in [1.54, 1.807) is 19.2 Å². The molecule has 0 spiro atoms. The normalized spacial score (nSPS) is 13.7. The van der Waals surface area contributed by atoms with Crippen LogP contribution in [0.4, 0.5) is 0 Å². The number of benzene rings is 1. The Kier molecular flexibility index (Phi) is 4.69. The van der Waals surface area contributed by atoms with E-state index in [0.717, 1.165) is 22.2 Å². The summed E-state index contributed by atoms with van der Waals surface area (Å²) in [6, 6.07) is 3.41. The second kappa shape index (κ2) is 6.73. The standard InChI is InChI=1S/C15H16IN3O4/c1-21-11-5-9(10(16)6-12(11)22-2)15(20)17-7-13-18-14(19-23-13)8-3-4-8/h5-6,8H,3-4,7H2,1-2H3,(H,17,20). The molecular formula is C15H16IN3O4. The zero-order valence-corrected chi connectivity index (χ0v) is 14.9. The molecule has 2 aromatic rings. The fourth-order valence-electron chi connectivity index (χ4n) is 2.13. The minimum Gasteiger partial charge on any atom is -0.493 e. The lowest BCUT2D eigenvalue weighted by Crippen LogP contribution is -2.24. The minimum absolute atomic E-state index is 0.197. The molecular weight excluding hydrogens is 413 g/mol. The van der Waals surface area contributed by atoms with Gasteiger partial charge in [0.25, 0.3) is 5.91 Å². The Balaban J connectivity index is 1.69. The van der Waals surface area contributed by atoms with Crippen LogP contribution in [0.1, 0.15) is 40.8 Å². The first-order chi connectivity index (χ1) is 11.1. The Morgan fingerprint density at radius 2 is 2.04 bits per heavy atom. The van der Waals surface area contributed by atoms with E-state index in [4.69, 9.17) is 14.0 Å². The molecule has 1 aromatic heterocycles. The summed E-state index contributed by atoms with van der Waals surface area (Å²) in [5, 5.41) is 6.70. The van der Waals surface area contributed by atoms with Crippen molar-refractivity contribution >= 4 is 28.5 Å². The fourth-order valence-corrected chi connectivity index (χ4v) is 2.81. The van der Waals surface area contributed by atoms with Crippen LogP contribution >= 0.6 is 22.6 Å². The molecule has 0 unspecified atom stereocenters. The maximum absolute atomic E-state index is 12.4. The number of carbonyl (C=O) groups excluding carboxylic acids is 1. The van der Waals surface area contributed by atoms with Gasteiger partial charge in [-0.2, -0.15) is 4.98 Å². The van der Waals surface area contributed by atoms with Crippen molar-refractivity contribution in [2.24, 2.45) is 0 Å². The molecule has 1 amide bonds. The van der Waals surface area contributed by atoms with E-state index in [1.807, 2.05) is 0 Å². The molecule has 1 saturated carbocycles. The predicted molar refractivity (Wildman–Crippen MR) is 89.7 cm³/mol. The summed E-state index contributed by atoms with van der Waals surface area (Å²) in [6.45, 7) is 0.197. The maximum Gasteiger partial charge on any atom is 0.252 e. The fraction of sp³-hybridized carbons (Fsp3) is 0.400. The van der Waals surface area contributed by atoms with Gasteiger partial charge in [-0.05, 0) is 47.6 Å². The highest BCUT2D eigenvalue weighted by atomic mass is 127. The van der Waals surface area contributed by atoms with Crippen LogP contribution in [-0.2, 0) is 6.54 Å². The average Bonchev–Trinajstić information content (AvgIpc) is 3.31. The highest BCUT2D eigenvalue weighted by molar-refractivity contribution is 14.1. The van der Waals surface area contributed by atoms with Crippen LogP contribution in [0.25, 0.3) is 0 Å². The highest BCUT2D eigenvalue weighted by Gasteiger charge is 2.28. The van der Waals surface area contributed by atoms with Crippen molar-refractivity contribution in [2.45, 2.75) is 25.3 Å². The van der Waals surface area contributed by atoms with Gasteiger partial charge < -0.3 is 19.3 Å². The number of ether oxygens (including phenoxy) is 2. The van der Waals surface area contributed by atoms with Gasteiger partial charge >= 0.3 is 0 Å². The molecule has 0 radical (unpaired) electrons. The lowest BCUT2D eigenvalue weighted by atomic mass is 10.2. The quantitative estimate of drug-likeness (QED) is 0.711. The van der Waals surface area contributed by atoms with Gasteiger partial charge in [0, 0.05) is 9.49 Å². The first-order valence-electron chi connectivity index (χ1n) is 7.14. The number of aromatic nitrogens is 2. The molecule has 1 aliphatic rings. The van der Waals surface area contributed by atoms with Crippen LogP contribution in [0.15, 0.2) is 16.7 Å². The molecule has 1 fully saturated rings. The van der Waals surface area contributed by atoms with Crippen LogP contribution in [0, 0.1) is 3.57 Å². The molecule has 0 saturated heterocycles. The van der Waals surface area contributed by atoms with Gasteiger partial charge in [-0.3, -0.25) is 4.79 Å². The van der Waals surface area contributed by atoms with E-state index in [9.17, 15) is 4.79 Å². The third-order valence-corrected chi connectivity index (χ3v) is 4.44. The number of amides is 1. The summed E-state index contributed by atoms with van der Waals surface area (Å²) in [5.74, 6) is 2.42. The van der Waals surface area contributed by atoms with Crippen molar-refractivity contribution in [3.8, 4) is 11.5 Å². The number of hydrogen-bond donors (Lipinski definition) is 1. The molecule has 3 rings (SSSR count). The third kappa shape index (κ3) is 3.57. The molecule has 1 heterocycles. The van der Waals surface area contributed by atoms with Gasteiger partial charge in [-0.15, -0.1) is 0 Å². The molecule has 1 N–H and O–H groups in total. The van der Waals surface area contributed by atoms with Crippen LogP contribution < -0.4 is 14.8 Å². The molecule has 0 aliphatic heterocycles. The van der Waals surface area contributed by atoms with E-state index < -0.39 is 0 Å². The minimum atomic E-state index is -0.235. The molecule has 0 bridgehead atoms. The number of hydrogen-bond acceptors (Lipinski definition) is 6. The summed E-state index contributed by atoms with van der Waals surface area (Å²) in [7, 11) is 3.09.